The molecule has 0 spiro atoms. The van der Waals surface area contributed by atoms with E-state index < -0.39 is 0 Å². The predicted octanol–water partition coefficient (Wildman–Crippen LogP) is 2.40. The molecule has 4 heteroatoms. The van der Waals surface area contributed by atoms with E-state index in [4.69, 9.17) is 5.73 Å². The van der Waals surface area contributed by atoms with Gasteiger partial charge in [-0.1, -0.05) is 35.1 Å². The lowest BCUT2D eigenvalue weighted by Gasteiger charge is -2.01. The zero-order chi connectivity index (χ0) is 10.1. The molecule has 0 unspecified atom stereocenters. The Bertz CT molecular complexity index is 462. The van der Waals surface area contributed by atoms with Crippen molar-refractivity contribution in [3.8, 4) is 10.6 Å². The molecule has 0 aliphatic heterocycles. The van der Waals surface area contributed by atoms with Gasteiger partial charge < -0.3 is 5.73 Å². The van der Waals surface area contributed by atoms with Crippen molar-refractivity contribution in [2.75, 3.05) is 5.73 Å². The Hall–Kier alpha value is -1.42. The van der Waals surface area contributed by atoms with E-state index in [0.29, 0.717) is 5.13 Å². The van der Waals surface area contributed by atoms with E-state index in [0.717, 1.165) is 10.6 Å². The minimum absolute atomic E-state index is 0.514. The Kier molecular flexibility index (Phi) is 2.21. The molecular formula is C10H11N3S. The molecule has 2 rings (SSSR count). The van der Waals surface area contributed by atoms with Gasteiger partial charge in [-0.15, -0.1) is 10.2 Å². The summed E-state index contributed by atoms with van der Waals surface area (Å²) < 4.78 is 0. The molecule has 2 aromatic rings. The molecule has 0 aliphatic rings. The van der Waals surface area contributed by atoms with Crippen LogP contribution in [0.25, 0.3) is 10.6 Å². The van der Waals surface area contributed by atoms with E-state index >= 15 is 0 Å². The fraction of sp³-hybridized carbons (Fsp3) is 0.200. The number of benzene rings is 1. The van der Waals surface area contributed by atoms with Crippen molar-refractivity contribution in [1.29, 1.82) is 0 Å². The molecule has 0 fully saturated rings. The van der Waals surface area contributed by atoms with Gasteiger partial charge in [-0.25, -0.2) is 0 Å². The van der Waals surface area contributed by atoms with Gasteiger partial charge in [0.1, 0.15) is 5.01 Å². The van der Waals surface area contributed by atoms with Crippen LogP contribution in [0.5, 0.6) is 0 Å². The largest absolute Gasteiger partial charge is 0.374 e. The van der Waals surface area contributed by atoms with Crippen LogP contribution in [0.2, 0.25) is 0 Å². The summed E-state index contributed by atoms with van der Waals surface area (Å²) in [6, 6.07) is 6.26. The summed E-state index contributed by atoms with van der Waals surface area (Å²) in [5.41, 5.74) is 9.12. The van der Waals surface area contributed by atoms with Gasteiger partial charge in [-0.2, -0.15) is 0 Å². The lowest BCUT2D eigenvalue weighted by Crippen LogP contribution is -1.84. The Morgan fingerprint density at radius 3 is 2.57 bits per heavy atom. The Morgan fingerprint density at radius 2 is 2.00 bits per heavy atom. The zero-order valence-corrected chi connectivity index (χ0v) is 8.93. The summed E-state index contributed by atoms with van der Waals surface area (Å²) in [4.78, 5) is 0. The maximum atomic E-state index is 5.54. The topological polar surface area (TPSA) is 51.8 Å². The van der Waals surface area contributed by atoms with Gasteiger partial charge in [0, 0.05) is 5.56 Å². The highest BCUT2D eigenvalue weighted by Gasteiger charge is 2.06. The highest BCUT2D eigenvalue weighted by molar-refractivity contribution is 7.18. The van der Waals surface area contributed by atoms with Gasteiger partial charge in [0.25, 0.3) is 0 Å². The smallest absolute Gasteiger partial charge is 0.203 e. The molecule has 0 aliphatic carbocycles. The number of aryl methyl sites for hydroxylation is 2. The highest BCUT2D eigenvalue weighted by atomic mass is 32.1. The van der Waals surface area contributed by atoms with Crippen LogP contribution >= 0.6 is 11.3 Å². The minimum Gasteiger partial charge on any atom is -0.374 e. The molecule has 1 aromatic heterocycles. The van der Waals surface area contributed by atoms with Crippen LogP contribution < -0.4 is 5.73 Å². The molecule has 1 heterocycles. The fourth-order valence-corrected chi connectivity index (χ4v) is 2.10. The highest BCUT2D eigenvalue weighted by Crippen LogP contribution is 2.27. The molecule has 0 bridgehead atoms. The molecule has 0 atom stereocenters. The number of aromatic nitrogens is 2. The van der Waals surface area contributed by atoms with Gasteiger partial charge >= 0.3 is 0 Å². The molecule has 3 nitrogen and oxygen atoms in total. The zero-order valence-electron chi connectivity index (χ0n) is 8.11. The van der Waals surface area contributed by atoms with E-state index in [1.165, 1.54) is 22.5 Å². The fourth-order valence-electron chi connectivity index (χ4n) is 1.40. The van der Waals surface area contributed by atoms with Crippen LogP contribution in [0.3, 0.4) is 0 Å². The third-order valence-corrected chi connectivity index (χ3v) is 2.84. The quantitative estimate of drug-likeness (QED) is 0.777. The molecule has 0 radical (unpaired) electrons. The summed E-state index contributed by atoms with van der Waals surface area (Å²) in [5.74, 6) is 0. The number of nitrogen functional groups attached to an aromatic ring is 1. The molecule has 72 valence electrons. The van der Waals surface area contributed by atoms with Crippen LogP contribution in [-0.2, 0) is 0 Å². The Labute approximate surface area is 86.6 Å². The van der Waals surface area contributed by atoms with Crippen molar-refractivity contribution in [1.82, 2.24) is 10.2 Å². The number of hydrogen-bond acceptors (Lipinski definition) is 4. The van der Waals surface area contributed by atoms with Crippen LogP contribution in [0.15, 0.2) is 18.2 Å². The summed E-state index contributed by atoms with van der Waals surface area (Å²) in [6.45, 7) is 4.14. The van der Waals surface area contributed by atoms with Gasteiger partial charge in [-0.3, -0.25) is 0 Å². The first-order valence-corrected chi connectivity index (χ1v) is 5.15. The molecule has 1 aromatic carbocycles. The van der Waals surface area contributed by atoms with Crippen LogP contribution in [0.4, 0.5) is 5.13 Å². The van der Waals surface area contributed by atoms with E-state index in [1.54, 1.807) is 0 Å². The van der Waals surface area contributed by atoms with Gasteiger partial charge in [0.05, 0.1) is 0 Å². The van der Waals surface area contributed by atoms with Gasteiger partial charge in [0.2, 0.25) is 5.13 Å². The number of nitrogens with zero attached hydrogens (tertiary/aromatic N) is 2. The Balaban J connectivity index is 2.52. The second kappa shape index (κ2) is 3.38. The molecule has 14 heavy (non-hydrogen) atoms. The summed E-state index contributed by atoms with van der Waals surface area (Å²) >= 11 is 1.42. The maximum Gasteiger partial charge on any atom is 0.203 e. The van der Waals surface area contributed by atoms with Crippen LogP contribution in [0, 0.1) is 13.8 Å². The van der Waals surface area contributed by atoms with E-state index in [-0.39, 0.29) is 0 Å². The molecule has 0 saturated heterocycles. The lowest BCUT2D eigenvalue weighted by atomic mass is 10.1. The standard InChI is InChI=1S/C10H11N3S/c1-6-3-4-8(7(2)5-6)9-12-13-10(11)14-9/h3-5H,1-2H3,(H2,11,13). The number of hydrogen-bond donors (Lipinski definition) is 1. The normalized spacial score (nSPS) is 10.4. The number of rotatable bonds is 1. The molecule has 2 N–H and O–H groups in total. The summed E-state index contributed by atoms with van der Waals surface area (Å²) in [6.07, 6.45) is 0. The monoisotopic (exact) mass is 205 g/mol. The average Bonchev–Trinajstić information content (AvgIpc) is 2.51. The van der Waals surface area contributed by atoms with E-state index in [9.17, 15) is 0 Å². The van der Waals surface area contributed by atoms with Gasteiger partial charge in [-0.05, 0) is 19.4 Å². The van der Waals surface area contributed by atoms with Crippen molar-refractivity contribution in [2.24, 2.45) is 0 Å². The third kappa shape index (κ3) is 1.61. The van der Waals surface area contributed by atoms with Crippen molar-refractivity contribution in [3.05, 3.63) is 29.3 Å². The van der Waals surface area contributed by atoms with Crippen LogP contribution in [-0.4, -0.2) is 10.2 Å². The van der Waals surface area contributed by atoms with Crippen molar-refractivity contribution >= 4 is 16.5 Å². The van der Waals surface area contributed by atoms with Crippen LogP contribution in [0.1, 0.15) is 11.1 Å². The van der Waals surface area contributed by atoms with Gasteiger partial charge in [0.15, 0.2) is 0 Å². The molecular weight excluding hydrogens is 194 g/mol. The first-order chi connectivity index (χ1) is 6.66. The van der Waals surface area contributed by atoms with Crippen molar-refractivity contribution in [3.63, 3.8) is 0 Å². The first kappa shape index (κ1) is 9.15. The Morgan fingerprint density at radius 1 is 1.21 bits per heavy atom. The second-order valence-electron chi connectivity index (χ2n) is 3.26. The van der Waals surface area contributed by atoms with Crippen molar-refractivity contribution < 1.29 is 0 Å². The van der Waals surface area contributed by atoms with Crippen molar-refractivity contribution in [2.45, 2.75) is 13.8 Å². The third-order valence-electron chi connectivity index (χ3n) is 2.05. The van der Waals surface area contributed by atoms with E-state index in [1.807, 2.05) is 0 Å². The number of anilines is 1. The summed E-state index contributed by atoms with van der Waals surface area (Å²) in [5, 5.41) is 9.23. The first-order valence-electron chi connectivity index (χ1n) is 4.33. The lowest BCUT2D eigenvalue weighted by molar-refractivity contribution is 1.10. The second-order valence-corrected chi connectivity index (χ2v) is 4.27. The van der Waals surface area contributed by atoms with E-state index in [2.05, 4.69) is 42.2 Å². The molecule has 0 saturated carbocycles. The average molecular weight is 205 g/mol. The molecule has 0 amide bonds. The minimum atomic E-state index is 0.514. The summed E-state index contributed by atoms with van der Waals surface area (Å²) in [7, 11) is 0. The predicted molar refractivity (Wildman–Crippen MR) is 59.2 cm³/mol. The SMILES string of the molecule is Cc1ccc(-c2nnc(N)s2)c(C)c1. The number of nitrogens with two attached hydrogens (primary N) is 1. The maximum absolute atomic E-state index is 5.54.